The summed E-state index contributed by atoms with van der Waals surface area (Å²) in [7, 11) is 0. The van der Waals surface area contributed by atoms with E-state index >= 15 is 0 Å². The van der Waals surface area contributed by atoms with E-state index in [1.54, 1.807) is 18.2 Å². The van der Waals surface area contributed by atoms with E-state index < -0.39 is 0 Å². The number of hydrogen-bond acceptors (Lipinski definition) is 2. The van der Waals surface area contributed by atoms with Crippen molar-refractivity contribution in [2.45, 2.75) is 0 Å². The molecule has 0 fully saturated rings. The molecule has 6 heteroatoms. The minimum absolute atomic E-state index is 0.310. The van der Waals surface area contributed by atoms with E-state index in [2.05, 4.69) is 21.2 Å². The number of rotatable bonds is 2. The fourth-order valence-corrected chi connectivity index (χ4v) is 2.57. The van der Waals surface area contributed by atoms with Gasteiger partial charge in [0.2, 0.25) is 0 Å². The van der Waals surface area contributed by atoms with Crippen LogP contribution in [0.15, 0.2) is 40.9 Å². The van der Waals surface area contributed by atoms with Gasteiger partial charge in [-0.3, -0.25) is 4.79 Å². The Morgan fingerprint density at radius 2 is 2.00 bits per heavy atom. The van der Waals surface area contributed by atoms with Crippen LogP contribution in [0.25, 0.3) is 0 Å². The number of anilines is 2. The highest BCUT2D eigenvalue weighted by Crippen LogP contribution is 2.25. The summed E-state index contributed by atoms with van der Waals surface area (Å²) in [6.07, 6.45) is 0. The number of nitrogen functional groups attached to an aromatic ring is 1. The van der Waals surface area contributed by atoms with Crippen LogP contribution in [0.1, 0.15) is 10.4 Å². The zero-order chi connectivity index (χ0) is 14.0. The first kappa shape index (κ1) is 14.3. The molecule has 0 saturated carbocycles. The summed E-state index contributed by atoms with van der Waals surface area (Å²) in [6, 6.07) is 9.14. The van der Waals surface area contributed by atoms with Crippen LogP contribution in [0.3, 0.4) is 0 Å². The molecule has 0 spiro atoms. The Labute approximate surface area is 131 Å². The number of carbonyl (C=O) groups excluding carboxylic acids is 1. The average molecular weight is 435 g/mol. The first-order valence-electron chi connectivity index (χ1n) is 5.29. The fourth-order valence-electron chi connectivity index (χ4n) is 1.50. The van der Waals surface area contributed by atoms with Crippen LogP contribution in [-0.4, -0.2) is 5.91 Å². The summed E-state index contributed by atoms with van der Waals surface area (Å²) in [5.41, 5.74) is 7.20. The van der Waals surface area contributed by atoms with Crippen LogP contribution >= 0.6 is 38.5 Å². The van der Waals surface area contributed by atoms with Crippen LogP contribution in [0.4, 0.5) is 15.8 Å². The van der Waals surface area contributed by atoms with Crippen LogP contribution in [0, 0.1) is 9.39 Å². The van der Waals surface area contributed by atoms with Crippen molar-refractivity contribution in [3.63, 3.8) is 0 Å². The fraction of sp³-hybridized carbons (Fsp3) is 0. The van der Waals surface area contributed by atoms with Gasteiger partial charge in [0.1, 0.15) is 5.82 Å². The molecule has 0 atom stereocenters. The Morgan fingerprint density at radius 1 is 1.26 bits per heavy atom. The van der Waals surface area contributed by atoms with Gasteiger partial charge in [0.05, 0.1) is 11.3 Å². The third-order valence-corrected chi connectivity index (χ3v) is 4.00. The Hall–Kier alpha value is -1.15. The van der Waals surface area contributed by atoms with E-state index in [4.69, 9.17) is 5.73 Å². The van der Waals surface area contributed by atoms with Crippen molar-refractivity contribution in [1.82, 2.24) is 0 Å². The normalized spacial score (nSPS) is 10.3. The smallest absolute Gasteiger partial charge is 0.256 e. The molecular weight excluding hydrogens is 426 g/mol. The quantitative estimate of drug-likeness (QED) is 0.553. The first-order chi connectivity index (χ1) is 8.97. The molecule has 0 bridgehead atoms. The second kappa shape index (κ2) is 5.87. The Bertz CT molecular complexity index is 649. The molecular formula is C13H9BrFIN2O. The van der Waals surface area contributed by atoms with E-state index in [1.165, 1.54) is 18.2 Å². The summed E-state index contributed by atoms with van der Waals surface area (Å²) in [6.45, 7) is 0. The minimum atomic E-state index is -0.369. The van der Waals surface area contributed by atoms with Gasteiger partial charge >= 0.3 is 0 Å². The highest BCUT2D eigenvalue weighted by Gasteiger charge is 2.12. The molecule has 0 aromatic heterocycles. The SMILES string of the molecule is Nc1ccc(Br)c(NC(=O)c2ccc(F)cc2I)c1. The summed E-state index contributed by atoms with van der Waals surface area (Å²) < 4.78 is 14.3. The van der Waals surface area contributed by atoms with E-state index in [0.29, 0.717) is 20.5 Å². The molecule has 2 rings (SSSR count). The Balaban J connectivity index is 2.28. The van der Waals surface area contributed by atoms with Crippen LogP contribution in [0.5, 0.6) is 0 Å². The van der Waals surface area contributed by atoms with Gasteiger partial charge in [-0.2, -0.15) is 0 Å². The molecule has 2 aromatic rings. The van der Waals surface area contributed by atoms with Gasteiger partial charge in [0.25, 0.3) is 5.91 Å². The van der Waals surface area contributed by atoms with Gasteiger partial charge in [-0.05, 0) is 74.9 Å². The summed E-state index contributed by atoms with van der Waals surface area (Å²) in [5.74, 6) is -0.679. The van der Waals surface area contributed by atoms with Crippen molar-refractivity contribution < 1.29 is 9.18 Å². The number of carbonyl (C=O) groups is 1. The number of halogens is 3. The standard InChI is InChI=1S/C13H9BrFIN2O/c14-10-4-2-8(17)6-12(10)18-13(19)9-3-1-7(15)5-11(9)16/h1-6H,17H2,(H,18,19). The summed E-state index contributed by atoms with van der Waals surface area (Å²) in [4.78, 5) is 12.1. The Morgan fingerprint density at radius 3 is 2.68 bits per heavy atom. The van der Waals surface area contributed by atoms with Crippen molar-refractivity contribution in [2.75, 3.05) is 11.1 Å². The Kier molecular flexibility index (Phi) is 4.41. The second-order valence-corrected chi connectivity index (χ2v) is 5.83. The van der Waals surface area contributed by atoms with Crippen molar-refractivity contribution in [2.24, 2.45) is 0 Å². The van der Waals surface area contributed by atoms with E-state index in [0.717, 1.165) is 4.47 Å². The first-order valence-corrected chi connectivity index (χ1v) is 7.16. The third-order valence-electron chi connectivity index (χ3n) is 2.41. The third kappa shape index (κ3) is 3.44. The molecule has 3 N–H and O–H groups in total. The van der Waals surface area contributed by atoms with E-state index in [9.17, 15) is 9.18 Å². The van der Waals surface area contributed by atoms with Gasteiger partial charge in [-0.15, -0.1) is 0 Å². The van der Waals surface area contributed by atoms with Crippen LogP contribution in [-0.2, 0) is 0 Å². The molecule has 0 aliphatic carbocycles. The number of nitrogens with two attached hydrogens (primary N) is 1. The molecule has 0 saturated heterocycles. The minimum Gasteiger partial charge on any atom is -0.399 e. The maximum Gasteiger partial charge on any atom is 0.256 e. The van der Waals surface area contributed by atoms with Gasteiger partial charge < -0.3 is 11.1 Å². The number of hydrogen-bond donors (Lipinski definition) is 2. The largest absolute Gasteiger partial charge is 0.399 e. The number of benzene rings is 2. The average Bonchev–Trinajstić information content (AvgIpc) is 2.33. The molecule has 19 heavy (non-hydrogen) atoms. The van der Waals surface area contributed by atoms with Crippen molar-refractivity contribution in [3.8, 4) is 0 Å². The maximum absolute atomic E-state index is 13.0. The van der Waals surface area contributed by atoms with E-state index in [-0.39, 0.29) is 11.7 Å². The maximum atomic E-state index is 13.0. The van der Waals surface area contributed by atoms with Gasteiger partial charge in [-0.1, -0.05) is 0 Å². The van der Waals surface area contributed by atoms with Gasteiger partial charge in [0, 0.05) is 13.7 Å². The molecule has 2 aromatic carbocycles. The topological polar surface area (TPSA) is 55.1 Å². The molecule has 0 aliphatic heterocycles. The molecule has 0 radical (unpaired) electrons. The molecule has 0 aliphatic rings. The number of amides is 1. The zero-order valence-electron chi connectivity index (χ0n) is 9.58. The lowest BCUT2D eigenvalue weighted by atomic mass is 10.2. The summed E-state index contributed by atoms with van der Waals surface area (Å²) in [5, 5.41) is 2.73. The van der Waals surface area contributed by atoms with Crippen molar-refractivity contribution in [1.29, 1.82) is 0 Å². The van der Waals surface area contributed by atoms with Crippen LogP contribution in [0.2, 0.25) is 0 Å². The lowest BCUT2D eigenvalue weighted by Gasteiger charge is -2.09. The van der Waals surface area contributed by atoms with Gasteiger partial charge in [0.15, 0.2) is 0 Å². The van der Waals surface area contributed by atoms with Crippen molar-refractivity contribution >= 4 is 55.8 Å². The van der Waals surface area contributed by atoms with Crippen LogP contribution < -0.4 is 11.1 Å². The number of nitrogens with one attached hydrogen (secondary N) is 1. The molecule has 0 heterocycles. The predicted molar refractivity (Wildman–Crippen MR) is 85.6 cm³/mol. The lowest BCUT2D eigenvalue weighted by Crippen LogP contribution is -2.14. The monoisotopic (exact) mass is 434 g/mol. The molecule has 1 amide bonds. The summed E-state index contributed by atoms with van der Waals surface area (Å²) >= 11 is 5.25. The molecule has 98 valence electrons. The lowest BCUT2D eigenvalue weighted by molar-refractivity contribution is 0.102. The molecule has 0 unspecified atom stereocenters. The highest BCUT2D eigenvalue weighted by molar-refractivity contribution is 14.1. The predicted octanol–water partition coefficient (Wildman–Crippen LogP) is 4.03. The van der Waals surface area contributed by atoms with Gasteiger partial charge in [-0.25, -0.2) is 4.39 Å². The van der Waals surface area contributed by atoms with Crippen molar-refractivity contribution in [3.05, 3.63) is 55.8 Å². The van der Waals surface area contributed by atoms with E-state index in [1.807, 2.05) is 22.6 Å². The molecule has 3 nitrogen and oxygen atoms in total. The zero-order valence-corrected chi connectivity index (χ0v) is 13.3. The second-order valence-electron chi connectivity index (χ2n) is 3.82. The highest BCUT2D eigenvalue weighted by atomic mass is 127.